The lowest BCUT2D eigenvalue weighted by molar-refractivity contribution is 0.806. The molecule has 2 N–H and O–H groups in total. The summed E-state index contributed by atoms with van der Waals surface area (Å²) >= 11 is 6.23. The molecule has 0 fully saturated rings. The second-order valence-corrected chi connectivity index (χ2v) is 6.66. The number of halogens is 1. The van der Waals surface area contributed by atoms with Crippen molar-refractivity contribution in [2.45, 2.75) is 6.54 Å². The van der Waals surface area contributed by atoms with Gasteiger partial charge in [-0.25, -0.2) is 4.79 Å². The normalized spacial score (nSPS) is 10.6. The SMILES string of the molecule is N#Cc1ccc(Cn2ccc(-c3cc(-c4c[nH]c(=O)[nH]c4=O)nnc3Cl)c2)cc1. The number of H-pyrrole nitrogens is 2. The molecule has 0 saturated heterocycles. The summed E-state index contributed by atoms with van der Waals surface area (Å²) in [6.45, 7) is 0.619. The maximum Gasteiger partial charge on any atom is 0.325 e. The van der Waals surface area contributed by atoms with E-state index in [9.17, 15) is 9.59 Å². The van der Waals surface area contributed by atoms with Crippen LogP contribution in [0, 0.1) is 11.3 Å². The van der Waals surface area contributed by atoms with Gasteiger partial charge < -0.3 is 9.55 Å². The largest absolute Gasteiger partial charge is 0.349 e. The van der Waals surface area contributed by atoms with Crippen LogP contribution < -0.4 is 11.2 Å². The number of benzene rings is 1. The fourth-order valence-electron chi connectivity index (χ4n) is 2.90. The van der Waals surface area contributed by atoms with E-state index in [2.05, 4.69) is 26.2 Å². The first-order chi connectivity index (χ1) is 14.0. The number of nitrogens with zero attached hydrogens (tertiary/aromatic N) is 4. The fourth-order valence-corrected chi connectivity index (χ4v) is 3.11. The van der Waals surface area contributed by atoms with Crippen molar-refractivity contribution in [3.63, 3.8) is 0 Å². The third-order valence-electron chi connectivity index (χ3n) is 4.35. The molecule has 1 aromatic carbocycles. The van der Waals surface area contributed by atoms with Gasteiger partial charge in [0.2, 0.25) is 0 Å². The number of nitrogens with one attached hydrogen (secondary N) is 2. The van der Waals surface area contributed by atoms with Crippen LogP contribution >= 0.6 is 11.6 Å². The van der Waals surface area contributed by atoms with E-state index in [-0.39, 0.29) is 10.7 Å². The monoisotopic (exact) mass is 404 g/mol. The van der Waals surface area contributed by atoms with Crippen molar-refractivity contribution in [3.8, 4) is 28.5 Å². The summed E-state index contributed by atoms with van der Waals surface area (Å²) in [5.41, 5.74) is 2.40. The summed E-state index contributed by atoms with van der Waals surface area (Å²) in [5.74, 6) is 0. The highest BCUT2D eigenvalue weighted by molar-refractivity contribution is 6.32. The molecule has 0 radical (unpaired) electrons. The van der Waals surface area contributed by atoms with Gasteiger partial charge in [0.05, 0.1) is 17.2 Å². The molecular weight excluding hydrogens is 392 g/mol. The third-order valence-corrected chi connectivity index (χ3v) is 4.63. The lowest BCUT2D eigenvalue weighted by atomic mass is 10.1. The van der Waals surface area contributed by atoms with Crippen LogP contribution in [-0.2, 0) is 6.54 Å². The summed E-state index contributed by atoms with van der Waals surface area (Å²) in [7, 11) is 0. The molecule has 0 aliphatic heterocycles. The van der Waals surface area contributed by atoms with Gasteiger partial charge in [-0.3, -0.25) is 9.78 Å². The standard InChI is InChI=1S/C20H13ClN6O2/c21-18-15(7-17(25-26-18)16-9-23-20(29)24-19(16)28)14-5-6-27(11-14)10-13-3-1-12(8-22)2-4-13/h1-7,9,11H,10H2,(H2,23,24,28,29). The molecule has 0 saturated carbocycles. The molecule has 4 aromatic rings. The molecule has 0 bridgehead atoms. The molecule has 0 aliphatic rings. The summed E-state index contributed by atoms with van der Waals surface area (Å²) < 4.78 is 1.97. The molecule has 9 heteroatoms. The van der Waals surface area contributed by atoms with Gasteiger partial charge >= 0.3 is 5.69 Å². The first kappa shape index (κ1) is 18.4. The Morgan fingerprint density at radius 2 is 1.90 bits per heavy atom. The van der Waals surface area contributed by atoms with E-state index >= 15 is 0 Å². The zero-order valence-electron chi connectivity index (χ0n) is 14.9. The minimum atomic E-state index is -0.597. The molecule has 0 unspecified atom stereocenters. The number of aromatic nitrogens is 5. The highest BCUT2D eigenvalue weighted by Crippen LogP contribution is 2.29. The Kier molecular flexibility index (Phi) is 4.81. The Bertz CT molecular complexity index is 1340. The maximum absolute atomic E-state index is 12.0. The summed E-state index contributed by atoms with van der Waals surface area (Å²) in [5, 5.41) is 17.0. The minimum Gasteiger partial charge on any atom is -0.349 e. The van der Waals surface area contributed by atoms with Crippen molar-refractivity contribution in [1.82, 2.24) is 24.7 Å². The van der Waals surface area contributed by atoms with E-state index in [0.29, 0.717) is 23.4 Å². The van der Waals surface area contributed by atoms with Gasteiger partial charge in [-0.15, -0.1) is 10.2 Å². The van der Waals surface area contributed by atoms with Gasteiger partial charge in [0.1, 0.15) is 5.69 Å². The average Bonchev–Trinajstić information content (AvgIpc) is 3.17. The predicted octanol–water partition coefficient (Wildman–Crippen LogP) is 2.56. The molecule has 3 heterocycles. The van der Waals surface area contributed by atoms with Crippen LogP contribution in [0.2, 0.25) is 5.15 Å². The highest BCUT2D eigenvalue weighted by Gasteiger charge is 2.13. The lowest BCUT2D eigenvalue weighted by Gasteiger charge is -2.05. The molecule has 0 aliphatic carbocycles. The van der Waals surface area contributed by atoms with Gasteiger partial charge in [0.15, 0.2) is 5.15 Å². The number of hydrogen-bond donors (Lipinski definition) is 2. The summed E-state index contributed by atoms with van der Waals surface area (Å²) in [6, 6.07) is 13.0. The van der Waals surface area contributed by atoms with Gasteiger partial charge in [-0.1, -0.05) is 23.7 Å². The quantitative estimate of drug-likeness (QED) is 0.541. The van der Waals surface area contributed by atoms with Crippen molar-refractivity contribution in [1.29, 1.82) is 5.26 Å². The van der Waals surface area contributed by atoms with Crippen molar-refractivity contribution >= 4 is 11.6 Å². The van der Waals surface area contributed by atoms with E-state index in [4.69, 9.17) is 16.9 Å². The van der Waals surface area contributed by atoms with Crippen LogP contribution in [0.1, 0.15) is 11.1 Å². The van der Waals surface area contributed by atoms with Crippen LogP contribution in [0.15, 0.2) is 64.6 Å². The van der Waals surface area contributed by atoms with Gasteiger partial charge in [0.25, 0.3) is 5.56 Å². The van der Waals surface area contributed by atoms with Crippen LogP contribution in [0.5, 0.6) is 0 Å². The van der Waals surface area contributed by atoms with Crippen LogP contribution in [0.3, 0.4) is 0 Å². The summed E-state index contributed by atoms with van der Waals surface area (Å²) in [4.78, 5) is 27.8. The van der Waals surface area contributed by atoms with Gasteiger partial charge in [-0.05, 0) is 29.8 Å². The topological polar surface area (TPSA) is 120 Å². The second-order valence-electron chi connectivity index (χ2n) is 6.30. The van der Waals surface area contributed by atoms with Gasteiger partial charge in [-0.2, -0.15) is 5.26 Å². The van der Waals surface area contributed by atoms with E-state index in [1.165, 1.54) is 6.20 Å². The summed E-state index contributed by atoms with van der Waals surface area (Å²) in [6.07, 6.45) is 5.09. The molecule has 4 rings (SSSR count). The van der Waals surface area contributed by atoms with Crippen molar-refractivity contribution in [2.24, 2.45) is 0 Å². The Labute approximate surface area is 169 Å². The van der Waals surface area contributed by atoms with E-state index in [1.54, 1.807) is 18.2 Å². The van der Waals surface area contributed by atoms with E-state index in [1.807, 2.05) is 35.2 Å². The highest BCUT2D eigenvalue weighted by atomic mass is 35.5. The fraction of sp³-hybridized carbons (Fsp3) is 0.0500. The number of rotatable bonds is 4. The van der Waals surface area contributed by atoms with Crippen LogP contribution in [0.4, 0.5) is 0 Å². The van der Waals surface area contributed by atoms with E-state index in [0.717, 1.165) is 11.1 Å². The van der Waals surface area contributed by atoms with Crippen molar-refractivity contribution in [2.75, 3.05) is 0 Å². The minimum absolute atomic E-state index is 0.187. The smallest absolute Gasteiger partial charge is 0.325 e. The lowest BCUT2D eigenvalue weighted by Crippen LogP contribution is -2.22. The maximum atomic E-state index is 12.0. The Hall–Kier alpha value is -3.96. The molecule has 142 valence electrons. The van der Waals surface area contributed by atoms with Crippen molar-refractivity contribution in [3.05, 3.63) is 92.1 Å². The molecule has 29 heavy (non-hydrogen) atoms. The zero-order chi connectivity index (χ0) is 20.4. The Balaban J connectivity index is 1.65. The Morgan fingerprint density at radius 1 is 1.10 bits per heavy atom. The molecule has 0 spiro atoms. The van der Waals surface area contributed by atoms with E-state index < -0.39 is 11.2 Å². The number of nitriles is 1. The molecule has 0 amide bonds. The first-order valence-corrected chi connectivity index (χ1v) is 8.92. The predicted molar refractivity (Wildman–Crippen MR) is 107 cm³/mol. The molecule has 8 nitrogen and oxygen atoms in total. The first-order valence-electron chi connectivity index (χ1n) is 8.54. The van der Waals surface area contributed by atoms with Crippen molar-refractivity contribution < 1.29 is 0 Å². The number of hydrogen-bond acceptors (Lipinski definition) is 5. The zero-order valence-corrected chi connectivity index (χ0v) is 15.6. The molecule has 0 atom stereocenters. The molecule has 3 aromatic heterocycles. The van der Waals surface area contributed by atoms with Crippen LogP contribution in [0.25, 0.3) is 22.4 Å². The second kappa shape index (κ2) is 7.58. The molecular formula is C20H13ClN6O2. The number of aromatic amines is 2. The average molecular weight is 405 g/mol. The van der Waals surface area contributed by atoms with Gasteiger partial charge in [0, 0.05) is 36.3 Å². The third kappa shape index (κ3) is 3.85. The van der Waals surface area contributed by atoms with Crippen LogP contribution in [-0.4, -0.2) is 24.7 Å². The Morgan fingerprint density at radius 3 is 2.62 bits per heavy atom.